The fraction of sp³-hybridized carbons (Fsp3) is 0.429. The summed E-state index contributed by atoms with van der Waals surface area (Å²) in [5, 5.41) is 69.9. The molecule has 50 heavy (non-hydrogen) atoms. The molecular weight excluding hydrogens is 650 g/mol. The standard InChI is InChI=1S/C28H28N4O5.C7H17NO5/c33-26(30-21-14-19(27(34)35)13-20(15-21)28(36)37)24-23(11-16-5-3-1-2-4-6-16)31-25(32-24)18-7-8-22-17(12-18)9-10-29-22;1-8-2-4(10)6(12)7(13)5(11)3-9/h7-10,12-16,29H,1-6,11H2,(H,30,33)(H,31,32)(H,34,35)(H,36,37);4-13H,2-3H2,1H3. The van der Waals surface area contributed by atoms with E-state index >= 15 is 0 Å². The number of amides is 1. The third-order valence-electron chi connectivity index (χ3n) is 8.71. The fourth-order valence-electron chi connectivity index (χ4n) is 5.97. The third kappa shape index (κ3) is 9.97. The van der Waals surface area contributed by atoms with E-state index in [1.54, 1.807) is 7.05 Å². The normalized spacial score (nSPS) is 16.0. The molecule has 0 aliphatic heterocycles. The molecule has 0 saturated heterocycles. The Morgan fingerprint density at radius 3 is 2.12 bits per heavy atom. The number of aromatic nitrogens is 3. The molecule has 1 saturated carbocycles. The summed E-state index contributed by atoms with van der Waals surface area (Å²) in [5.74, 6) is -2.08. The van der Waals surface area contributed by atoms with Crippen LogP contribution < -0.4 is 10.6 Å². The Hall–Kier alpha value is -4.64. The van der Waals surface area contributed by atoms with Crippen LogP contribution in [0.5, 0.6) is 0 Å². The smallest absolute Gasteiger partial charge is 0.335 e. The van der Waals surface area contributed by atoms with E-state index in [1.807, 2.05) is 30.5 Å². The van der Waals surface area contributed by atoms with Crippen molar-refractivity contribution in [3.05, 3.63) is 71.2 Å². The van der Waals surface area contributed by atoms with E-state index in [1.165, 1.54) is 25.0 Å². The summed E-state index contributed by atoms with van der Waals surface area (Å²) in [7, 11) is 1.57. The number of rotatable bonds is 13. The second-order valence-corrected chi connectivity index (χ2v) is 12.5. The molecule has 15 heteroatoms. The number of H-pyrrole nitrogens is 2. The maximum Gasteiger partial charge on any atom is 0.335 e. The van der Waals surface area contributed by atoms with Crippen molar-refractivity contribution in [2.45, 2.75) is 69.4 Å². The van der Waals surface area contributed by atoms with Crippen LogP contribution in [0, 0.1) is 5.92 Å². The van der Waals surface area contributed by atoms with Gasteiger partial charge in [0.15, 0.2) is 0 Å². The molecule has 11 N–H and O–H groups in total. The number of carboxylic acid groups (broad SMARTS) is 2. The minimum Gasteiger partial charge on any atom is -0.478 e. The average molecular weight is 696 g/mol. The second kappa shape index (κ2) is 17.8. The number of fused-ring (bicyclic) bond motifs is 1. The monoisotopic (exact) mass is 695 g/mol. The van der Waals surface area contributed by atoms with E-state index in [2.05, 4.69) is 25.6 Å². The van der Waals surface area contributed by atoms with E-state index < -0.39 is 48.9 Å². The molecular formula is C35H45N5O10. The van der Waals surface area contributed by atoms with Crippen molar-refractivity contribution in [2.75, 3.05) is 25.5 Å². The van der Waals surface area contributed by atoms with Crippen LogP contribution in [0.3, 0.4) is 0 Å². The van der Waals surface area contributed by atoms with Crippen molar-refractivity contribution < 1.29 is 50.1 Å². The van der Waals surface area contributed by atoms with Gasteiger partial charge in [-0.05, 0) is 61.9 Å². The number of carbonyl (C=O) groups is 3. The molecule has 1 aliphatic rings. The van der Waals surface area contributed by atoms with Gasteiger partial charge in [-0.25, -0.2) is 14.6 Å². The number of aromatic carboxylic acids is 2. The first-order valence-electron chi connectivity index (χ1n) is 16.5. The van der Waals surface area contributed by atoms with Gasteiger partial charge in [0.25, 0.3) is 5.91 Å². The minimum absolute atomic E-state index is 0.0843. The summed E-state index contributed by atoms with van der Waals surface area (Å²) < 4.78 is 0. The van der Waals surface area contributed by atoms with E-state index in [0.717, 1.165) is 53.9 Å². The minimum atomic E-state index is -1.55. The molecule has 4 aromatic rings. The Balaban J connectivity index is 0.000000369. The molecule has 0 bridgehead atoms. The van der Waals surface area contributed by atoms with Gasteiger partial charge in [0.2, 0.25) is 0 Å². The lowest BCUT2D eigenvalue weighted by Crippen LogP contribution is -2.48. The summed E-state index contributed by atoms with van der Waals surface area (Å²) in [4.78, 5) is 47.6. The van der Waals surface area contributed by atoms with Crippen LogP contribution in [-0.4, -0.2) is 113 Å². The van der Waals surface area contributed by atoms with Crippen molar-refractivity contribution >= 4 is 34.4 Å². The molecule has 2 heterocycles. The zero-order chi connectivity index (χ0) is 36.4. The van der Waals surface area contributed by atoms with Gasteiger partial charge < -0.3 is 56.3 Å². The lowest BCUT2D eigenvalue weighted by atomic mass is 9.94. The lowest BCUT2D eigenvalue weighted by molar-refractivity contribution is -0.113. The van der Waals surface area contributed by atoms with Crippen LogP contribution in [0.25, 0.3) is 22.3 Å². The Labute approximate surface area is 288 Å². The predicted octanol–water partition coefficient (Wildman–Crippen LogP) is 2.36. The van der Waals surface area contributed by atoms with Crippen molar-refractivity contribution in [3.63, 3.8) is 0 Å². The number of aliphatic hydroxyl groups is 5. The summed E-state index contributed by atoms with van der Waals surface area (Å²) in [6.45, 7) is -0.569. The quantitative estimate of drug-likeness (QED) is 0.0901. The van der Waals surface area contributed by atoms with E-state index in [4.69, 9.17) is 20.4 Å². The maximum absolute atomic E-state index is 13.4. The number of aromatic amines is 2. The van der Waals surface area contributed by atoms with Gasteiger partial charge >= 0.3 is 11.9 Å². The Morgan fingerprint density at radius 2 is 1.52 bits per heavy atom. The van der Waals surface area contributed by atoms with Crippen molar-refractivity contribution in [1.29, 1.82) is 0 Å². The number of nitrogens with zero attached hydrogens (tertiary/aromatic N) is 1. The summed E-state index contributed by atoms with van der Waals surface area (Å²) in [5.41, 5.74) is 2.43. The van der Waals surface area contributed by atoms with Crippen LogP contribution in [0.2, 0.25) is 0 Å². The SMILES string of the molecule is CNCC(O)C(O)C(O)C(O)CO.O=C(O)c1cc(NC(=O)c2nc(-c3ccc4[nH]ccc4c3)[nH]c2CC2CCCCCC2)cc(C(=O)O)c1. The van der Waals surface area contributed by atoms with Crippen LogP contribution in [0.1, 0.15) is 75.4 Å². The van der Waals surface area contributed by atoms with Crippen LogP contribution in [-0.2, 0) is 6.42 Å². The molecule has 1 amide bonds. The zero-order valence-electron chi connectivity index (χ0n) is 27.7. The molecule has 0 radical (unpaired) electrons. The predicted molar refractivity (Wildman–Crippen MR) is 184 cm³/mol. The Bertz CT molecular complexity index is 1710. The van der Waals surface area contributed by atoms with Gasteiger partial charge in [0, 0.05) is 40.6 Å². The topological polar surface area (TPSA) is 261 Å². The maximum atomic E-state index is 13.4. The highest BCUT2D eigenvalue weighted by Crippen LogP contribution is 2.29. The van der Waals surface area contributed by atoms with Gasteiger partial charge in [-0.3, -0.25) is 4.79 Å². The van der Waals surface area contributed by atoms with E-state index in [0.29, 0.717) is 18.2 Å². The molecule has 0 spiro atoms. The number of hydrogen-bond donors (Lipinski definition) is 11. The highest BCUT2D eigenvalue weighted by Gasteiger charge is 2.29. The van der Waals surface area contributed by atoms with E-state index in [9.17, 15) is 29.7 Å². The lowest BCUT2D eigenvalue weighted by Gasteiger charge is -2.25. The Kier molecular flexibility index (Phi) is 13.6. The zero-order valence-corrected chi connectivity index (χ0v) is 27.7. The number of likely N-dealkylation sites (N-methyl/N-ethyl adjacent to an activating group) is 1. The second-order valence-electron chi connectivity index (χ2n) is 12.5. The fourth-order valence-corrected chi connectivity index (χ4v) is 5.97. The summed E-state index contributed by atoms with van der Waals surface area (Å²) in [6.07, 6.45) is 3.85. The molecule has 4 atom stereocenters. The first-order chi connectivity index (χ1) is 23.9. The molecule has 2 aromatic carbocycles. The van der Waals surface area contributed by atoms with Crippen molar-refractivity contribution in [3.8, 4) is 11.4 Å². The first-order valence-corrected chi connectivity index (χ1v) is 16.5. The van der Waals surface area contributed by atoms with Gasteiger partial charge in [-0.1, -0.05) is 38.5 Å². The van der Waals surface area contributed by atoms with Crippen molar-refractivity contribution in [1.82, 2.24) is 20.3 Å². The Morgan fingerprint density at radius 1 is 0.880 bits per heavy atom. The third-order valence-corrected chi connectivity index (χ3v) is 8.71. The molecule has 1 fully saturated rings. The highest BCUT2D eigenvalue weighted by atomic mass is 16.4. The summed E-state index contributed by atoms with van der Waals surface area (Å²) in [6, 6.07) is 11.4. The van der Waals surface area contributed by atoms with Crippen LogP contribution in [0.4, 0.5) is 5.69 Å². The molecule has 2 aromatic heterocycles. The highest BCUT2D eigenvalue weighted by molar-refractivity contribution is 6.05. The van der Waals surface area contributed by atoms with Gasteiger partial charge in [-0.15, -0.1) is 0 Å². The number of imidazole rings is 1. The van der Waals surface area contributed by atoms with Crippen molar-refractivity contribution in [2.24, 2.45) is 5.92 Å². The number of benzene rings is 2. The number of carbonyl (C=O) groups excluding carboxylic acids is 1. The first kappa shape index (κ1) is 38.2. The molecule has 1 aliphatic carbocycles. The molecule has 4 unspecified atom stereocenters. The molecule has 15 nitrogen and oxygen atoms in total. The number of aliphatic hydroxyl groups excluding tert-OH is 5. The van der Waals surface area contributed by atoms with Gasteiger partial charge in [-0.2, -0.15) is 0 Å². The number of carboxylic acids is 2. The number of hydrogen-bond acceptors (Lipinski definition) is 10. The molecule has 270 valence electrons. The largest absolute Gasteiger partial charge is 0.478 e. The average Bonchev–Trinajstić information content (AvgIpc) is 3.67. The van der Waals surface area contributed by atoms with Gasteiger partial charge in [0.1, 0.15) is 29.8 Å². The van der Waals surface area contributed by atoms with Crippen LogP contribution in [0.15, 0.2) is 48.7 Å². The molecule has 5 rings (SSSR count). The van der Waals surface area contributed by atoms with E-state index in [-0.39, 0.29) is 29.1 Å². The van der Waals surface area contributed by atoms with Crippen LogP contribution >= 0.6 is 0 Å². The van der Waals surface area contributed by atoms with Gasteiger partial charge in [0.05, 0.1) is 23.8 Å². The number of nitrogens with one attached hydrogen (secondary N) is 4. The number of anilines is 1. The summed E-state index contributed by atoms with van der Waals surface area (Å²) >= 11 is 0.